The zero-order chi connectivity index (χ0) is 12.8. The van der Waals surface area contributed by atoms with E-state index in [1.165, 1.54) is 0 Å². The number of nitrogens with two attached hydrogens (primary N) is 1. The Morgan fingerprint density at radius 1 is 1.17 bits per heavy atom. The third kappa shape index (κ3) is 3.21. The molecule has 0 bridgehead atoms. The number of ether oxygens (including phenoxy) is 1. The van der Waals surface area contributed by atoms with Crippen molar-refractivity contribution in [2.75, 3.05) is 19.7 Å². The lowest BCUT2D eigenvalue weighted by atomic mass is 10.1. The van der Waals surface area contributed by atoms with E-state index >= 15 is 0 Å². The minimum absolute atomic E-state index is 0.0122. The predicted octanol–water partition coefficient (Wildman–Crippen LogP) is 1.29. The fraction of sp³-hybridized carbons (Fsp3) is 0.214. The van der Waals surface area contributed by atoms with Crippen molar-refractivity contribution < 1.29 is 9.53 Å². The van der Waals surface area contributed by atoms with Crippen LogP contribution in [-0.2, 0) is 4.79 Å². The molecule has 0 heterocycles. The molecule has 2 rings (SSSR count). The maximum atomic E-state index is 11.3. The summed E-state index contributed by atoms with van der Waals surface area (Å²) in [5.74, 6) is 0.533. The maximum Gasteiger partial charge on any atom is 0.257 e. The number of fused-ring (bicyclic) bond motifs is 1. The lowest BCUT2D eigenvalue weighted by Gasteiger charge is -2.07. The van der Waals surface area contributed by atoms with Gasteiger partial charge in [-0.05, 0) is 22.9 Å². The molecule has 0 aliphatic heterocycles. The Morgan fingerprint density at radius 2 is 1.94 bits per heavy atom. The molecule has 0 spiro atoms. The highest BCUT2D eigenvalue weighted by Crippen LogP contribution is 2.20. The molecule has 2 aromatic carbocycles. The van der Waals surface area contributed by atoms with Crippen LogP contribution in [0.4, 0.5) is 0 Å². The normalized spacial score (nSPS) is 10.3. The molecule has 0 saturated carbocycles. The summed E-state index contributed by atoms with van der Waals surface area (Å²) in [6.45, 7) is 0.917. The van der Waals surface area contributed by atoms with Crippen LogP contribution in [0.3, 0.4) is 0 Å². The van der Waals surface area contributed by atoms with Gasteiger partial charge in [0.15, 0.2) is 6.61 Å². The molecule has 2 aromatic rings. The van der Waals surface area contributed by atoms with E-state index in [9.17, 15) is 4.79 Å². The van der Waals surface area contributed by atoms with Crippen LogP contribution < -0.4 is 15.8 Å². The van der Waals surface area contributed by atoms with Crippen LogP contribution in [0.1, 0.15) is 0 Å². The number of benzene rings is 2. The van der Waals surface area contributed by atoms with Gasteiger partial charge in [-0.25, -0.2) is 0 Å². The molecule has 18 heavy (non-hydrogen) atoms. The number of carbonyl (C=O) groups is 1. The Kier molecular flexibility index (Phi) is 4.15. The van der Waals surface area contributed by atoms with Crippen molar-refractivity contribution in [2.45, 2.75) is 0 Å². The van der Waals surface area contributed by atoms with Crippen LogP contribution in [0.25, 0.3) is 10.8 Å². The summed E-state index contributed by atoms with van der Waals surface area (Å²) in [6.07, 6.45) is 0. The van der Waals surface area contributed by atoms with E-state index in [-0.39, 0.29) is 12.5 Å². The van der Waals surface area contributed by atoms with Gasteiger partial charge in [-0.15, -0.1) is 0 Å². The number of nitrogens with one attached hydrogen (secondary N) is 1. The van der Waals surface area contributed by atoms with Crippen molar-refractivity contribution in [3.8, 4) is 5.75 Å². The highest BCUT2D eigenvalue weighted by Gasteiger charge is 2.02. The third-order valence-corrected chi connectivity index (χ3v) is 2.56. The van der Waals surface area contributed by atoms with Gasteiger partial charge < -0.3 is 15.8 Å². The van der Waals surface area contributed by atoms with Gasteiger partial charge in [0.2, 0.25) is 0 Å². The first-order chi connectivity index (χ1) is 8.79. The molecule has 1 amide bonds. The highest BCUT2D eigenvalue weighted by atomic mass is 16.5. The van der Waals surface area contributed by atoms with Gasteiger partial charge in [0.05, 0.1) is 0 Å². The summed E-state index contributed by atoms with van der Waals surface area (Å²) < 4.78 is 5.42. The van der Waals surface area contributed by atoms with E-state index in [4.69, 9.17) is 10.5 Å². The minimum atomic E-state index is -0.159. The van der Waals surface area contributed by atoms with Gasteiger partial charge in [-0.2, -0.15) is 0 Å². The molecule has 4 nitrogen and oxygen atoms in total. The molecule has 0 saturated heterocycles. The quantitative estimate of drug-likeness (QED) is 0.833. The van der Waals surface area contributed by atoms with Gasteiger partial charge in [0.1, 0.15) is 5.75 Å². The van der Waals surface area contributed by atoms with E-state index in [0.717, 1.165) is 10.8 Å². The summed E-state index contributed by atoms with van der Waals surface area (Å²) in [7, 11) is 0. The predicted molar refractivity (Wildman–Crippen MR) is 71.5 cm³/mol. The largest absolute Gasteiger partial charge is 0.484 e. The summed E-state index contributed by atoms with van der Waals surface area (Å²) in [5, 5.41) is 4.90. The molecule has 0 aliphatic rings. The number of amides is 1. The van der Waals surface area contributed by atoms with Gasteiger partial charge >= 0.3 is 0 Å². The Morgan fingerprint density at radius 3 is 2.72 bits per heavy atom. The van der Waals surface area contributed by atoms with Gasteiger partial charge in [0.25, 0.3) is 5.91 Å². The van der Waals surface area contributed by atoms with Crippen molar-refractivity contribution >= 4 is 16.7 Å². The first kappa shape index (κ1) is 12.4. The lowest BCUT2D eigenvalue weighted by molar-refractivity contribution is -0.123. The Bertz CT molecular complexity index is 540. The Labute approximate surface area is 106 Å². The maximum absolute atomic E-state index is 11.3. The Balaban J connectivity index is 1.97. The Hall–Kier alpha value is -2.07. The highest BCUT2D eigenvalue weighted by molar-refractivity contribution is 5.84. The molecule has 0 unspecified atom stereocenters. The van der Waals surface area contributed by atoms with Crippen molar-refractivity contribution in [3.63, 3.8) is 0 Å². The topological polar surface area (TPSA) is 64.3 Å². The monoisotopic (exact) mass is 244 g/mol. The molecule has 0 fully saturated rings. The summed E-state index contributed by atoms with van der Waals surface area (Å²) in [4.78, 5) is 11.3. The van der Waals surface area contributed by atoms with Crippen LogP contribution >= 0.6 is 0 Å². The van der Waals surface area contributed by atoms with E-state index in [0.29, 0.717) is 18.8 Å². The summed E-state index contributed by atoms with van der Waals surface area (Å²) >= 11 is 0. The molecular weight excluding hydrogens is 228 g/mol. The third-order valence-electron chi connectivity index (χ3n) is 2.56. The number of hydrogen-bond acceptors (Lipinski definition) is 3. The van der Waals surface area contributed by atoms with Crippen molar-refractivity contribution in [1.29, 1.82) is 0 Å². The van der Waals surface area contributed by atoms with Crippen LogP contribution in [0.5, 0.6) is 5.75 Å². The van der Waals surface area contributed by atoms with E-state index < -0.39 is 0 Å². The number of carbonyl (C=O) groups excluding carboxylic acids is 1. The first-order valence-electron chi connectivity index (χ1n) is 5.88. The van der Waals surface area contributed by atoms with Crippen molar-refractivity contribution in [1.82, 2.24) is 5.32 Å². The van der Waals surface area contributed by atoms with Crippen molar-refractivity contribution in [2.24, 2.45) is 5.73 Å². The van der Waals surface area contributed by atoms with Crippen LogP contribution in [-0.4, -0.2) is 25.6 Å². The standard InChI is InChI=1S/C14H16N2O2/c15-7-8-16-14(17)10-18-13-6-5-11-3-1-2-4-12(11)9-13/h1-6,9H,7-8,10,15H2,(H,16,17). The van der Waals surface area contributed by atoms with Crippen molar-refractivity contribution in [3.05, 3.63) is 42.5 Å². The second-order valence-electron chi connectivity index (χ2n) is 3.94. The second kappa shape index (κ2) is 6.02. The van der Waals surface area contributed by atoms with Gasteiger partial charge in [0, 0.05) is 13.1 Å². The molecule has 0 aromatic heterocycles. The average Bonchev–Trinajstić information content (AvgIpc) is 2.42. The van der Waals surface area contributed by atoms with Gasteiger partial charge in [-0.3, -0.25) is 4.79 Å². The molecular formula is C14H16N2O2. The number of rotatable bonds is 5. The van der Waals surface area contributed by atoms with Crippen LogP contribution in [0.15, 0.2) is 42.5 Å². The minimum Gasteiger partial charge on any atom is -0.484 e. The zero-order valence-corrected chi connectivity index (χ0v) is 10.1. The molecule has 4 heteroatoms. The van der Waals surface area contributed by atoms with Crippen LogP contribution in [0.2, 0.25) is 0 Å². The zero-order valence-electron chi connectivity index (χ0n) is 10.1. The van der Waals surface area contributed by atoms with E-state index in [1.54, 1.807) is 0 Å². The summed E-state index contributed by atoms with van der Waals surface area (Å²) in [6, 6.07) is 13.8. The lowest BCUT2D eigenvalue weighted by Crippen LogP contribution is -2.32. The summed E-state index contributed by atoms with van der Waals surface area (Å²) in [5.41, 5.74) is 5.29. The fourth-order valence-electron chi connectivity index (χ4n) is 1.67. The molecule has 0 atom stereocenters. The molecule has 94 valence electrons. The number of hydrogen-bond donors (Lipinski definition) is 2. The van der Waals surface area contributed by atoms with Crippen LogP contribution in [0, 0.1) is 0 Å². The van der Waals surface area contributed by atoms with E-state index in [2.05, 4.69) is 5.32 Å². The first-order valence-corrected chi connectivity index (χ1v) is 5.88. The molecule has 0 radical (unpaired) electrons. The fourth-order valence-corrected chi connectivity index (χ4v) is 1.67. The van der Waals surface area contributed by atoms with Gasteiger partial charge in [-0.1, -0.05) is 30.3 Å². The van der Waals surface area contributed by atoms with E-state index in [1.807, 2.05) is 42.5 Å². The average molecular weight is 244 g/mol. The SMILES string of the molecule is NCCNC(=O)COc1ccc2ccccc2c1. The molecule has 0 aliphatic carbocycles. The second-order valence-corrected chi connectivity index (χ2v) is 3.94. The molecule has 3 N–H and O–H groups in total. The smallest absolute Gasteiger partial charge is 0.257 e.